The Kier molecular flexibility index (Phi) is 7.76. The standard InChI is InChI=1S/H2O4S2.H2O3S2/c1-5(2)6(3)4;1-5(2,3)4/h(H,1,2)(H,3,4);(H2,1,2,3,4). The first kappa shape index (κ1) is 14.1. The molecule has 0 bridgehead atoms. The van der Waals surface area contributed by atoms with Crippen molar-refractivity contribution in [1.29, 1.82) is 0 Å². The van der Waals surface area contributed by atoms with E-state index >= 15 is 0 Å². The van der Waals surface area contributed by atoms with E-state index < -0.39 is 29.3 Å². The van der Waals surface area contributed by atoms with Gasteiger partial charge < -0.3 is 0 Å². The summed E-state index contributed by atoms with van der Waals surface area (Å²) in [7, 11) is -9.01. The van der Waals surface area contributed by atoms with Crippen molar-refractivity contribution in [3.8, 4) is 0 Å². The van der Waals surface area contributed by atoms with Crippen LogP contribution in [0.2, 0.25) is 0 Å². The summed E-state index contributed by atoms with van der Waals surface area (Å²) in [5.41, 5.74) is 0. The Bertz CT molecular complexity index is 213. The Balaban J connectivity index is 0. The smallest absolute Gasteiger partial charge is 0.274 e. The zero-order valence-corrected chi connectivity index (χ0v) is 7.91. The second-order valence-corrected chi connectivity index (χ2v) is 5.66. The minimum atomic E-state index is -3.83. The highest BCUT2D eigenvalue weighted by atomic mass is 33.2. The van der Waals surface area contributed by atoms with Gasteiger partial charge >= 0.3 is 0 Å². The van der Waals surface area contributed by atoms with Gasteiger partial charge in [0.2, 0.25) is 0 Å². The lowest BCUT2D eigenvalue weighted by Crippen LogP contribution is -1.93. The fraction of sp³-hybridized carbons (Fsp3) is 0. The normalized spacial score (nSPS) is 16.0. The molecule has 0 saturated heterocycles. The Hall–Kier alpha value is 0.510. The lowest BCUT2D eigenvalue weighted by Gasteiger charge is -1.74. The monoisotopic (exact) mass is 244 g/mol. The van der Waals surface area contributed by atoms with E-state index in [1.807, 2.05) is 0 Å². The van der Waals surface area contributed by atoms with Crippen LogP contribution in [0.1, 0.15) is 0 Å². The van der Waals surface area contributed by atoms with Gasteiger partial charge in [-0.25, -0.2) is 8.42 Å². The predicted octanol–water partition coefficient (Wildman–Crippen LogP) is -0.976. The summed E-state index contributed by atoms with van der Waals surface area (Å²) >= 11 is 3.47. The molecule has 0 heterocycles. The largest absolute Gasteiger partial charge is 0.294 e. The van der Waals surface area contributed by atoms with Gasteiger partial charge in [0.25, 0.3) is 29.3 Å². The maximum atomic E-state index is 9.26. The molecule has 0 aromatic carbocycles. The molecule has 11 heteroatoms. The highest BCUT2D eigenvalue weighted by Gasteiger charge is 1.95. The number of hydrogen-bond donors (Lipinski definition) is 4. The molecule has 70 valence electrons. The highest BCUT2D eigenvalue weighted by molar-refractivity contribution is 8.56. The second-order valence-electron chi connectivity index (χ2n) is 0.882. The lowest BCUT2D eigenvalue weighted by atomic mass is 15.8. The quantitative estimate of drug-likeness (QED) is 0.342. The van der Waals surface area contributed by atoms with Crippen LogP contribution < -0.4 is 0 Å². The van der Waals surface area contributed by atoms with Gasteiger partial charge in [-0.1, -0.05) is 0 Å². The van der Waals surface area contributed by atoms with Crippen molar-refractivity contribution in [3.63, 3.8) is 0 Å². The van der Waals surface area contributed by atoms with Crippen LogP contribution >= 0.6 is 0 Å². The third-order valence-electron chi connectivity index (χ3n) is 0.122. The van der Waals surface area contributed by atoms with Crippen LogP contribution in [0.25, 0.3) is 0 Å². The van der Waals surface area contributed by atoms with Gasteiger partial charge in [0.1, 0.15) is 0 Å². The Labute approximate surface area is 71.5 Å². The fourth-order valence-electron chi connectivity index (χ4n) is 0. The SMILES string of the molecule is O=S(O)(O)=S.O=S(O)S(=O)O. The average molecular weight is 244 g/mol. The summed E-state index contributed by atoms with van der Waals surface area (Å²) < 4.78 is 57.6. The predicted molar refractivity (Wildman–Crippen MR) is 42.3 cm³/mol. The molecule has 2 unspecified atom stereocenters. The molecule has 0 radical (unpaired) electrons. The molecule has 0 saturated carbocycles. The molecule has 7 nitrogen and oxygen atoms in total. The molecule has 0 amide bonds. The molecule has 0 aromatic rings. The fourth-order valence-corrected chi connectivity index (χ4v) is 0. The lowest BCUT2D eigenvalue weighted by molar-refractivity contribution is 0.450. The Morgan fingerprint density at radius 3 is 1.18 bits per heavy atom. The molecule has 2 atom stereocenters. The van der Waals surface area contributed by atoms with Crippen molar-refractivity contribution >= 4 is 40.5 Å². The first-order chi connectivity index (χ1) is 4.64. The number of hydrogen-bond acceptors (Lipinski definition) is 4. The third-order valence-corrected chi connectivity index (χ3v) is 1.10. The van der Waals surface area contributed by atoms with Crippen LogP contribution in [0, 0.1) is 0 Å². The first-order valence-electron chi connectivity index (χ1n) is 1.56. The summed E-state index contributed by atoms with van der Waals surface area (Å²) in [5, 5.41) is 0. The van der Waals surface area contributed by atoms with E-state index in [9.17, 15) is 8.42 Å². The first-order valence-corrected chi connectivity index (χ1v) is 6.69. The van der Waals surface area contributed by atoms with Crippen LogP contribution in [0.15, 0.2) is 0 Å². The third kappa shape index (κ3) is 37.4. The average Bonchev–Trinajstić information content (AvgIpc) is 1.59. The van der Waals surface area contributed by atoms with Crippen molar-refractivity contribution < 1.29 is 30.8 Å². The Morgan fingerprint density at radius 2 is 1.18 bits per heavy atom. The van der Waals surface area contributed by atoms with E-state index in [4.69, 9.17) is 22.4 Å². The summed E-state index contributed by atoms with van der Waals surface area (Å²) in [6.07, 6.45) is 0. The molecular weight excluding hydrogens is 240 g/mol. The summed E-state index contributed by atoms with van der Waals surface area (Å²) in [4.78, 5) is 0. The van der Waals surface area contributed by atoms with E-state index in [0.717, 1.165) is 0 Å². The molecule has 0 fully saturated rings. The van der Waals surface area contributed by atoms with Crippen LogP contribution in [0.3, 0.4) is 0 Å². The molecule has 0 rings (SSSR count). The summed E-state index contributed by atoms with van der Waals surface area (Å²) in [5.74, 6) is 0. The summed E-state index contributed by atoms with van der Waals surface area (Å²) in [6, 6.07) is 0. The van der Waals surface area contributed by atoms with Gasteiger partial charge in [0, 0.05) is 11.2 Å². The van der Waals surface area contributed by atoms with Crippen molar-refractivity contribution in [2.24, 2.45) is 0 Å². The van der Waals surface area contributed by atoms with E-state index in [-0.39, 0.29) is 0 Å². The molecular formula is H4O7S4. The highest BCUT2D eigenvalue weighted by Crippen LogP contribution is 1.74. The molecule has 0 aliphatic heterocycles. The topological polar surface area (TPSA) is 132 Å². The zero-order valence-electron chi connectivity index (χ0n) is 4.65. The Morgan fingerprint density at radius 1 is 1.09 bits per heavy atom. The van der Waals surface area contributed by atoms with E-state index in [1.165, 1.54) is 0 Å². The van der Waals surface area contributed by atoms with Crippen LogP contribution in [-0.2, 0) is 40.5 Å². The van der Waals surface area contributed by atoms with E-state index in [0.29, 0.717) is 0 Å². The molecule has 4 N–H and O–H groups in total. The molecule has 0 aromatic heterocycles. The van der Waals surface area contributed by atoms with Gasteiger partial charge in [-0.15, -0.1) is 0 Å². The van der Waals surface area contributed by atoms with Gasteiger partial charge in [-0.3, -0.25) is 18.2 Å². The number of rotatable bonds is 1. The minimum Gasteiger partial charge on any atom is -0.294 e. The maximum Gasteiger partial charge on any atom is 0.274 e. The van der Waals surface area contributed by atoms with E-state index in [2.05, 4.69) is 11.2 Å². The molecule has 0 aliphatic carbocycles. The van der Waals surface area contributed by atoms with Gasteiger partial charge in [0.05, 0.1) is 0 Å². The minimum absolute atomic E-state index is 2.59. The van der Waals surface area contributed by atoms with Crippen LogP contribution in [0.5, 0.6) is 0 Å². The molecule has 11 heavy (non-hydrogen) atoms. The molecule has 0 aliphatic rings. The zero-order chi connectivity index (χ0) is 9.65. The van der Waals surface area contributed by atoms with Crippen LogP contribution in [0.4, 0.5) is 0 Å². The van der Waals surface area contributed by atoms with Gasteiger partial charge in [-0.2, -0.15) is 4.21 Å². The van der Waals surface area contributed by atoms with E-state index in [1.54, 1.807) is 0 Å². The van der Waals surface area contributed by atoms with Crippen LogP contribution in [-0.4, -0.2) is 30.8 Å². The van der Waals surface area contributed by atoms with Crippen molar-refractivity contribution in [2.45, 2.75) is 0 Å². The second kappa shape index (κ2) is 6.07. The van der Waals surface area contributed by atoms with Crippen molar-refractivity contribution in [3.05, 3.63) is 0 Å². The van der Waals surface area contributed by atoms with Crippen molar-refractivity contribution in [1.82, 2.24) is 0 Å². The summed E-state index contributed by atoms with van der Waals surface area (Å²) in [6.45, 7) is 0. The van der Waals surface area contributed by atoms with Gasteiger partial charge in [0.15, 0.2) is 0 Å². The van der Waals surface area contributed by atoms with Gasteiger partial charge in [-0.05, 0) is 0 Å². The molecule has 0 spiro atoms. The maximum absolute atomic E-state index is 9.26. The van der Waals surface area contributed by atoms with Crippen molar-refractivity contribution in [2.75, 3.05) is 0 Å².